The van der Waals surface area contributed by atoms with Gasteiger partial charge in [-0.05, 0) is 69.0 Å². The summed E-state index contributed by atoms with van der Waals surface area (Å²) < 4.78 is 26.4. The van der Waals surface area contributed by atoms with Gasteiger partial charge in [0.15, 0.2) is 0 Å². The summed E-state index contributed by atoms with van der Waals surface area (Å²) in [4.78, 5) is 28.3. The van der Waals surface area contributed by atoms with E-state index < -0.39 is 34.1 Å². The van der Waals surface area contributed by atoms with E-state index in [0.29, 0.717) is 27.7 Å². The Bertz CT molecular complexity index is 1180. The SMILES string of the molecule is CCc1ccc(N(CC(=O)N(Cc2ccc(Cl)c(Cl)c2)C(CC)C(=O)NC(C)(C)C)S(C)(=O)=O)cc1. The second-order valence-corrected chi connectivity index (χ2v) is 12.4. The number of hydrogen-bond donors (Lipinski definition) is 1. The fourth-order valence-corrected chi connectivity index (χ4v) is 4.89. The molecule has 1 atom stereocenters. The van der Waals surface area contributed by atoms with Gasteiger partial charge in [0.1, 0.15) is 12.6 Å². The Morgan fingerprint density at radius 2 is 1.56 bits per heavy atom. The van der Waals surface area contributed by atoms with Gasteiger partial charge in [0, 0.05) is 12.1 Å². The highest BCUT2D eigenvalue weighted by Gasteiger charge is 2.33. The molecule has 2 aromatic rings. The van der Waals surface area contributed by atoms with E-state index in [-0.39, 0.29) is 12.5 Å². The summed E-state index contributed by atoms with van der Waals surface area (Å²) in [5, 5.41) is 3.62. The maximum Gasteiger partial charge on any atom is 0.244 e. The molecule has 198 valence electrons. The van der Waals surface area contributed by atoms with Crippen molar-refractivity contribution >= 4 is 50.7 Å². The van der Waals surface area contributed by atoms with Crippen LogP contribution in [0.2, 0.25) is 10.0 Å². The van der Waals surface area contributed by atoms with E-state index >= 15 is 0 Å². The van der Waals surface area contributed by atoms with Gasteiger partial charge in [0.05, 0.1) is 22.0 Å². The van der Waals surface area contributed by atoms with Crippen LogP contribution in [0, 0.1) is 0 Å². The van der Waals surface area contributed by atoms with Gasteiger partial charge in [-0.3, -0.25) is 13.9 Å². The number of nitrogens with zero attached hydrogens (tertiary/aromatic N) is 2. The lowest BCUT2D eigenvalue weighted by atomic mass is 10.1. The molecule has 36 heavy (non-hydrogen) atoms. The third-order valence-corrected chi connectivity index (χ3v) is 7.41. The third kappa shape index (κ3) is 8.39. The highest BCUT2D eigenvalue weighted by atomic mass is 35.5. The van der Waals surface area contributed by atoms with E-state index in [1.165, 1.54) is 4.90 Å². The fraction of sp³-hybridized carbons (Fsp3) is 0.462. The van der Waals surface area contributed by atoms with E-state index in [2.05, 4.69) is 5.32 Å². The first-order valence-electron chi connectivity index (χ1n) is 11.8. The molecule has 0 bridgehead atoms. The molecule has 7 nitrogen and oxygen atoms in total. The van der Waals surface area contributed by atoms with E-state index in [9.17, 15) is 18.0 Å². The largest absolute Gasteiger partial charge is 0.350 e. The van der Waals surface area contributed by atoms with Crippen LogP contribution >= 0.6 is 23.2 Å². The van der Waals surface area contributed by atoms with Crippen LogP contribution in [0.3, 0.4) is 0 Å². The summed E-state index contributed by atoms with van der Waals surface area (Å²) in [5.41, 5.74) is 1.58. The van der Waals surface area contributed by atoms with Crippen LogP contribution in [-0.4, -0.2) is 49.5 Å². The number of nitrogens with one attached hydrogen (secondary N) is 1. The molecule has 1 unspecified atom stereocenters. The van der Waals surface area contributed by atoms with Crippen molar-refractivity contribution < 1.29 is 18.0 Å². The zero-order valence-electron chi connectivity index (χ0n) is 21.6. The number of benzene rings is 2. The Labute approximate surface area is 224 Å². The Balaban J connectivity index is 2.47. The molecule has 0 spiro atoms. The van der Waals surface area contributed by atoms with Crippen molar-refractivity contribution in [1.82, 2.24) is 10.2 Å². The first kappa shape index (κ1) is 29.9. The molecule has 0 fully saturated rings. The summed E-state index contributed by atoms with van der Waals surface area (Å²) >= 11 is 12.2. The van der Waals surface area contributed by atoms with Crippen LogP contribution in [0.1, 0.15) is 52.2 Å². The number of amides is 2. The summed E-state index contributed by atoms with van der Waals surface area (Å²) in [5.74, 6) is -0.835. The molecule has 2 aromatic carbocycles. The van der Waals surface area contributed by atoms with E-state index in [4.69, 9.17) is 23.2 Å². The van der Waals surface area contributed by atoms with Gasteiger partial charge >= 0.3 is 0 Å². The number of carbonyl (C=O) groups excluding carboxylic acids is 2. The first-order valence-corrected chi connectivity index (χ1v) is 14.4. The minimum Gasteiger partial charge on any atom is -0.350 e. The van der Waals surface area contributed by atoms with Crippen molar-refractivity contribution in [1.29, 1.82) is 0 Å². The van der Waals surface area contributed by atoms with Crippen LogP contribution in [0.25, 0.3) is 0 Å². The quantitative estimate of drug-likeness (QED) is 0.444. The molecule has 0 aliphatic rings. The number of carbonyl (C=O) groups is 2. The van der Waals surface area contributed by atoms with Crippen LogP contribution in [-0.2, 0) is 32.6 Å². The van der Waals surface area contributed by atoms with Crippen LogP contribution in [0.4, 0.5) is 5.69 Å². The lowest BCUT2D eigenvalue weighted by Gasteiger charge is -2.34. The zero-order valence-corrected chi connectivity index (χ0v) is 24.0. The van der Waals surface area contributed by atoms with Crippen LogP contribution in [0.5, 0.6) is 0 Å². The Morgan fingerprint density at radius 3 is 2.03 bits per heavy atom. The second kappa shape index (κ2) is 12.3. The van der Waals surface area contributed by atoms with E-state index in [1.807, 2.05) is 39.8 Å². The summed E-state index contributed by atoms with van der Waals surface area (Å²) in [6.07, 6.45) is 2.19. The van der Waals surface area contributed by atoms with Gasteiger partial charge in [-0.1, -0.05) is 55.2 Å². The van der Waals surface area contributed by atoms with Gasteiger partial charge in [0.25, 0.3) is 0 Å². The Hall–Kier alpha value is -2.29. The maximum atomic E-state index is 13.7. The summed E-state index contributed by atoms with van der Waals surface area (Å²) in [6.45, 7) is 8.97. The minimum absolute atomic E-state index is 0.0537. The van der Waals surface area contributed by atoms with Crippen molar-refractivity contribution in [3.8, 4) is 0 Å². The Kier molecular flexibility index (Phi) is 10.2. The third-order valence-electron chi connectivity index (χ3n) is 5.53. The van der Waals surface area contributed by atoms with E-state index in [0.717, 1.165) is 22.5 Å². The van der Waals surface area contributed by atoms with Crippen LogP contribution in [0.15, 0.2) is 42.5 Å². The number of rotatable bonds is 10. The topological polar surface area (TPSA) is 86.8 Å². The van der Waals surface area contributed by atoms with Crippen molar-refractivity contribution in [3.63, 3.8) is 0 Å². The molecule has 0 aliphatic carbocycles. The molecule has 0 saturated heterocycles. The van der Waals surface area contributed by atoms with Gasteiger partial charge < -0.3 is 10.2 Å². The standard InChI is InChI=1S/C26H35Cl2N3O4S/c1-7-18-9-12-20(13-10-18)31(36(6,34)35)17-24(32)30(16-19-11-14-21(27)22(28)15-19)23(8-2)25(33)29-26(3,4)5/h9-15,23H,7-8,16-17H2,1-6H3,(H,29,33). The van der Waals surface area contributed by atoms with Gasteiger partial charge in [-0.2, -0.15) is 0 Å². The molecule has 0 heterocycles. The fourth-order valence-electron chi connectivity index (χ4n) is 3.72. The molecular weight excluding hydrogens is 521 g/mol. The molecule has 2 amide bonds. The van der Waals surface area contributed by atoms with Crippen molar-refractivity contribution in [2.24, 2.45) is 0 Å². The summed E-state index contributed by atoms with van der Waals surface area (Å²) in [7, 11) is -3.79. The molecule has 10 heteroatoms. The monoisotopic (exact) mass is 555 g/mol. The first-order chi connectivity index (χ1) is 16.7. The predicted octanol–water partition coefficient (Wildman–Crippen LogP) is 5.04. The molecule has 0 saturated carbocycles. The number of anilines is 1. The normalized spacial score (nSPS) is 12.7. The average Bonchev–Trinajstić information content (AvgIpc) is 2.77. The van der Waals surface area contributed by atoms with E-state index in [1.54, 1.807) is 37.3 Å². The highest BCUT2D eigenvalue weighted by molar-refractivity contribution is 7.92. The van der Waals surface area contributed by atoms with Crippen LogP contribution < -0.4 is 9.62 Å². The minimum atomic E-state index is -3.79. The smallest absolute Gasteiger partial charge is 0.244 e. The maximum absolute atomic E-state index is 13.7. The molecule has 0 radical (unpaired) electrons. The van der Waals surface area contributed by atoms with Gasteiger partial charge in [-0.15, -0.1) is 0 Å². The predicted molar refractivity (Wildman–Crippen MR) is 147 cm³/mol. The van der Waals surface area contributed by atoms with Gasteiger partial charge in [0.2, 0.25) is 21.8 Å². The van der Waals surface area contributed by atoms with Crippen molar-refractivity contribution in [2.45, 2.75) is 65.6 Å². The molecular formula is C26H35Cl2N3O4S. The zero-order chi connectivity index (χ0) is 27.3. The molecule has 0 aromatic heterocycles. The Morgan fingerprint density at radius 1 is 0.972 bits per heavy atom. The van der Waals surface area contributed by atoms with Crippen molar-refractivity contribution in [2.75, 3.05) is 17.1 Å². The lowest BCUT2D eigenvalue weighted by molar-refractivity contribution is -0.141. The number of sulfonamides is 1. The number of hydrogen-bond acceptors (Lipinski definition) is 4. The average molecular weight is 557 g/mol. The second-order valence-electron chi connectivity index (χ2n) is 9.72. The van der Waals surface area contributed by atoms with Gasteiger partial charge in [-0.25, -0.2) is 8.42 Å². The number of aryl methyl sites for hydroxylation is 1. The highest BCUT2D eigenvalue weighted by Crippen LogP contribution is 2.25. The number of halogens is 2. The molecule has 2 rings (SSSR count). The molecule has 0 aliphatic heterocycles. The summed E-state index contributed by atoms with van der Waals surface area (Å²) in [6, 6.07) is 11.2. The lowest BCUT2D eigenvalue weighted by Crippen LogP contribution is -2.55. The van der Waals surface area contributed by atoms with Crippen molar-refractivity contribution in [3.05, 3.63) is 63.6 Å². The molecule has 1 N–H and O–H groups in total.